The summed E-state index contributed by atoms with van der Waals surface area (Å²) in [4.78, 5) is 23.0. The normalized spacial score (nSPS) is 11.9. The average Bonchev–Trinajstić information content (AvgIpc) is 2.97. The highest BCUT2D eigenvalue weighted by Gasteiger charge is 2.21. The highest BCUT2D eigenvalue weighted by atomic mass is 16.4. The van der Waals surface area contributed by atoms with Crippen LogP contribution in [0.4, 0.5) is 0 Å². The summed E-state index contributed by atoms with van der Waals surface area (Å²) in [5.41, 5.74) is 0.855. The lowest BCUT2D eigenvalue weighted by Crippen LogP contribution is -2.40. The molecule has 2 rings (SSSR count). The van der Waals surface area contributed by atoms with E-state index in [1.54, 1.807) is 0 Å². The van der Waals surface area contributed by atoms with Crippen molar-refractivity contribution in [3.63, 3.8) is 0 Å². The zero-order valence-electron chi connectivity index (χ0n) is 11.6. The Hall–Kier alpha value is -2.70. The summed E-state index contributed by atoms with van der Waals surface area (Å²) in [5, 5.41) is 19.1. The number of rotatable bonds is 6. The Labute approximate surface area is 121 Å². The maximum atomic E-state index is 12.0. The Morgan fingerprint density at radius 2 is 2.05 bits per heavy atom. The van der Waals surface area contributed by atoms with E-state index in [0.717, 1.165) is 5.69 Å². The maximum absolute atomic E-state index is 12.0. The molecule has 0 saturated heterocycles. The molecule has 1 atom stereocenters. The third-order valence-corrected chi connectivity index (χ3v) is 2.93. The minimum Gasteiger partial charge on any atom is -0.480 e. The van der Waals surface area contributed by atoms with Gasteiger partial charge in [0.05, 0.1) is 11.9 Å². The van der Waals surface area contributed by atoms with Gasteiger partial charge >= 0.3 is 5.97 Å². The Bertz CT molecular complexity index is 624. The number of hydrogen-bond acceptors (Lipinski definition) is 4. The fourth-order valence-corrected chi connectivity index (χ4v) is 1.85. The number of nitrogens with one attached hydrogen (secondary N) is 1. The van der Waals surface area contributed by atoms with Crippen LogP contribution >= 0.6 is 0 Å². The highest BCUT2D eigenvalue weighted by molar-refractivity contribution is 5.94. The third kappa shape index (κ3) is 3.65. The van der Waals surface area contributed by atoms with Crippen LogP contribution in [0.3, 0.4) is 0 Å². The summed E-state index contributed by atoms with van der Waals surface area (Å²) in [5.74, 6) is -1.60. The van der Waals surface area contributed by atoms with E-state index in [-0.39, 0.29) is 5.69 Å². The van der Waals surface area contributed by atoms with E-state index in [4.69, 9.17) is 5.11 Å². The second kappa shape index (κ2) is 6.65. The van der Waals surface area contributed by atoms with Gasteiger partial charge < -0.3 is 10.4 Å². The van der Waals surface area contributed by atoms with Crippen molar-refractivity contribution in [2.24, 2.45) is 0 Å². The van der Waals surface area contributed by atoms with E-state index in [2.05, 4.69) is 15.6 Å². The lowest BCUT2D eigenvalue weighted by atomic mass is 10.1. The lowest BCUT2D eigenvalue weighted by molar-refractivity contribution is -0.139. The largest absolute Gasteiger partial charge is 0.480 e. The first-order valence-electron chi connectivity index (χ1n) is 6.63. The second-order valence-electron chi connectivity index (χ2n) is 4.54. The molecule has 1 aromatic carbocycles. The van der Waals surface area contributed by atoms with Gasteiger partial charge in [0.2, 0.25) is 0 Å². The number of carboxylic acids is 1. The van der Waals surface area contributed by atoms with Gasteiger partial charge in [0.25, 0.3) is 5.91 Å². The summed E-state index contributed by atoms with van der Waals surface area (Å²) in [7, 11) is 0. The van der Waals surface area contributed by atoms with E-state index in [1.807, 2.05) is 37.3 Å². The number of carbonyl (C=O) groups excluding carboxylic acids is 1. The predicted molar refractivity (Wildman–Crippen MR) is 75.2 cm³/mol. The Morgan fingerprint density at radius 1 is 1.33 bits per heavy atom. The molecule has 7 nitrogen and oxygen atoms in total. The van der Waals surface area contributed by atoms with Crippen LogP contribution in [0.25, 0.3) is 5.69 Å². The van der Waals surface area contributed by atoms with Crippen molar-refractivity contribution in [3.05, 3.63) is 42.2 Å². The molecular weight excluding hydrogens is 272 g/mol. The van der Waals surface area contributed by atoms with Crippen molar-refractivity contribution in [3.8, 4) is 5.69 Å². The Balaban J connectivity index is 2.10. The van der Waals surface area contributed by atoms with Crippen molar-refractivity contribution >= 4 is 11.9 Å². The zero-order valence-corrected chi connectivity index (χ0v) is 11.6. The van der Waals surface area contributed by atoms with Gasteiger partial charge in [-0.2, -0.15) is 0 Å². The van der Waals surface area contributed by atoms with Crippen molar-refractivity contribution in [1.82, 2.24) is 20.3 Å². The van der Waals surface area contributed by atoms with Crippen LogP contribution < -0.4 is 5.32 Å². The Kier molecular flexibility index (Phi) is 4.65. The number of para-hydroxylation sites is 1. The second-order valence-corrected chi connectivity index (χ2v) is 4.54. The standard InChI is InChI=1S/C14H16N4O3/c1-2-6-11(14(20)21)15-13(19)12-9-18(17-16-12)10-7-4-3-5-8-10/h3-5,7-9,11H,2,6H2,1H3,(H,15,19)(H,20,21)/t11-/m1/s1. The third-order valence-electron chi connectivity index (χ3n) is 2.93. The van der Waals surface area contributed by atoms with Gasteiger partial charge in [0.1, 0.15) is 6.04 Å². The van der Waals surface area contributed by atoms with E-state index >= 15 is 0 Å². The van der Waals surface area contributed by atoms with Crippen molar-refractivity contribution in [1.29, 1.82) is 0 Å². The number of hydrogen-bond donors (Lipinski definition) is 2. The van der Waals surface area contributed by atoms with E-state index in [9.17, 15) is 9.59 Å². The first-order chi connectivity index (χ1) is 10.1. The number of aromatic nitrogens is 3. The van der Waals surface area contributed by atoms with E-state index in [1.165, 1.54) is 10.9 Å². The summed E-state index contributed by atoms with van der Waals surface area (Å²) in [6.45, 7) is 1.85. The maximum Gasteiger partial charge on any atom is 0.326 e. The van der Waals surface area contributed by atoms with Crippen LogP contribution in [0.5, 0.6) is 0 Å². The SMILES string of the molecule is CCC[C@@H](NC(=O)c1cn(-c2ccccc2)nn1)C(=O)O. The van der Waals surface area contributed by atoms with Crippen LogP contribution in [-0.2, 0) is 4.79 Å². The molecular formula is C14H16N4O3. The number of carbonyl (C=O) groups is 2. The van der Waals surface area contributed by atoms with Gasteiger partial charge in [-0.3, -0.25) is 4.79 Å². The summed E-state index contributed by atoms with van der Waals surface area (Å²) >= 11 is 0. The van der Waals surface area contributed by atoms with E-state index < -0.39 is 17.9 Å². The molecule has 0 aliphatic carbocycles. The quantitative estimate of drug-likeness (QED) is 0.833. The van der Waals surface area contributed by atoms with Gasteiger partial charge in [-0.05, 0) is 18.6 Å². The predicted octanol–water partition coefficient (Wildman–Crippen LogP) is 1.25. The summed E-state index contributed by atoms with van der Waals surface area (Å²) in [6.07, 6.45) is 2.50. The fourth-order valence-electron chi connectivity index (χ4n) is 1.85. The van der Waals surface area contributed by atoms with Crippen molar-refractivity contribution in [2.75, 3.05) is 0 Å². The zero-order chi connectivity index (χ0) is 15.2. The molecule has 21 heavy (non-hydrogen) atoms. The lowest BCUT2D eigenvalue weighted by Gasteiger charge is -2.11. The summed E-state index contributed by atoms with van der Waals surface area (Å²) < 4.78 is 1.46. The van der Waals surface area contributed by atoms with Gasteiger partial charge in [-0.1, -0.05) is 36.8 Å². The van der Waals surface area contributed by atoms with E-state index in [0.29, 0.717) is 12.8 Å². The molecule has 1 amide bonds. The smallest absolute Gasteiger partial charge is 0.326 e. The molecule has 7 heteroatoms. The highest BCUT2D eigenvalue weighted by Crippen LogP contribution is 2.06. The van der Waals surface area contributed by atoms with Crippen molar-refractivity contribution < 1.29 is 14.7 Å². The van der Waals surface area contributed by atoms with Gasteiger partial charge in [-0.25, -0.2) is 9.48 Å². The summed E-state index contributed by atoms with van der Waals surface area (Å²) in [6, 6.07) is 8.30. The minimum atomic E-state index is -1.05. The molecule has 0 saturated carbocycles. The molecule has 0 fully saturated rings. The topological polar surface area (TPSA) is 97.1 Å². The van der Waals surface area contributed by atoms with Crippen LogP contribution in [0.1, 0.15) is 30.3 Å². The molecule has 0 radical (unpaired) electrons. The molecule has 0 spiro atoms. The van der Waals surface area contributed by atoms with Crippen LogP contribution in [0.15, 0.2) is 36.5 Å². The monoisotopic (exact) mass is 288 g/mol. The van der Waals surface area contributed by atoms with Crippen LogP contribution in [-0.4, -0.2) is 38.0 Å². The fraction of sp³-hybridized carbons (Fsp3) is 0.286. The minimum absolute atomic E-state index is 0.0845. The van der Waals surface area contributed by atoms with Gasteiger partial charge in [-0.15, -0.1) is 5.10 Å². The number of benzene rings is 1. The first-order valence-corrected chi connectivity index (χ1v) is 6.63. The molecule has 1 aromatic heterocycles. The molecule has 2 N–H and O–H groups in total. The van der Waals surface area contributed by atoms with Crippen LogP contribution in [0, 0.1) is 0 Å². The van der Waals surface area contributed by atoms with Crippen LogP contribution in [0.2, 0.25) is 0 Å². The molecule has 0 aliphatic heterocycles. The Morgan fingerprint density at radius 3 is 2.67 bits per heavy atom. The number of amides is 1. The molecule has 0 aliphatic rings. The number of nitrogens with zero attached hydrogens (tertiary/aromatic N) is 3. The molecule has 1 heterocycles. The first kappa shape index (κ1) is 14.7. The molecule has 2 aromatic rings. The average molecular weight is 288 g/mol. The molecule has 110 valence electrons. The molecule has 0 bridgehead atoms. The number of aliphatic carboxylic acids is 1. The molecule has 0 unspecified atom stereocenters. The number of carboxylic acid groups (broad SMARTS) is 1. The van der Waals surface area contributed by atoms with Gasteiger partial charge in [0.15, 0.2) is 5.69 Å². The van der Waals surface area contributed by atoms with Gasteiger partial charge in [0, 0.05) is 0 Å². The van der Waals surface area contributed by atoms with Crippen molar-refractivity contribution in [2.45, 2.75) is 25.8 Å².